The van der Waals surface area contributed by atoms with Crippen molar-refractivity contribution >= 4 is 27.6 Å². The number of halogens is 1. The first kappa shape index (κ1) is 15.8. The predicted octanol–water partition coefficient (Wildman–Crippen LogP) is 3.34. The van der Waals surface area contributed by atoms with Crippen LogP contribution >= 0.6 is 15.9 Å². The highest BCUT2D eigenvalue weighted by molar-refractivity contribution is 9.10. The number of hydrogen-bond acceptors (Lipinski definition) is 5. The van der Waals surface area contributed by atoms with Gasteiger partial charge in [0.2, 0.25) is 5.75 Å². The fraction of sp³-hybridized carbons (Fsp3) is 0.0714. The van der Waals surface area contributed by atoms with Gasteiger partial charge in [-0.3, -0.25) is 10.1 Å². The molecule has 2 N–H and O–H groups in total. The number of ether oxygens (including phenoxy) is 1. The molecular formula is C14H10BrNO6. The van der Waals surface area contributed by atoms with Gasteiger partial charge >= 0.3 is 11.7 Å². The molecule has 0 aliphatic carbocycles. The molecule has 2 aromatic rings. The molecule has 0 unspecified atom stereocenters. The van der Waals surface area contributed by atoms with E-state index in [1.807, 2.05) is 0 Å². The fourth-order valence-corrected chi connectivity index (χ4v) is 1.99. The van der Waals surface area contributed by atoms with Crippen molar-refractivity contribution in [1.29, 1.82) is 0 Å². The number of nitrogens with zero attached hydrogens (tertiary/aromatic N) is 1. The SMILES string of the molecule is O=C(O)c1cc([N+](=O)[O-])c(OCc2ccc(Br)cc2)cc1O. The highest BCUT2D eigenvalue weighted by atomic mass is 79.9. The monoisotopic (exact) mass is 367 g/mol. The first-order valence-corrected chi connectivity index (χ1v) is 6.79. The van der Waals surface area contributed by atoms with Crippen LogP contribution in [0.15, 0.2) is 40.9 Å². The molecule has 114 valence electrons. The summed E-state index contributed by atoms with van der Waals surface area (Å²) in [5.74, 6) is -2.25. The first-order chi connectivity index (χ1) is 10.4. The van der Waals surface area contributed by atoms with Gasteiger partial charge in [0, 0.05) is 16.6 Å². The van der Waals surface area contributed by atoms with Crippen LogP contribution in [0, 0.1) is 10.1 Å². The van der Waals surface area contributed by atoms with E-state index in [9.17, 15) is 20.0 Å². The van der Waals surface area contributed by atoms with Crippen molar-refractivity contribution in [2.75, 3.05) is 0 Å². The third-order valence-corrected chi connectivity index (χ3v) is 3.34. The zero-order chi connectivity index (χ0) is 16.3. The van der Waals surface area contributed by atoms with Gasteiger partial charge in [-0.1, -0.05) is 28.1 Å². The number of benzene rings is 2. The molecule has 2 rings (SSSR count). The third kappa shape index (κ3) is 3.53. The second-order valence-corrected chi connectivity index (χ2v) is 5.23. The number of carboxylic acid groups (broad SMARTS) is 1. The van der Waals surface area contributed by atoms with Gasteiger partial charge in [-0.25, -0.2) is 4.79 Å². The van der Waals surface area contributed by atoms with E-state index in [2.05, 4.69) is 15.9 Å². The molecule has 0 bridgehead atoms. The molecule has 0 spiro atoms. The molecule has 0 aromatic heterocycles. The van der Waals surface area contributed by atoms with Crippen LogP contribution in [0.4, 0.5) is 5.69 Å². The van der Waals surface area contributed by atoms with E-state index in [0.29, 0.717) is 0 Å². The minimum absolute atomic E-state index is 0.0416. The number of phenols is 1. The summed E-state index contributed by atoms with van der Waals surface area (Å²) in [7, 11) is 0. The number of aromatic hydroxyl groups is 1. The fourth-order valence-electron chi connectivity index (χ4n) is 1.73. The van der Waals surface area contributed by atoms with Crippen molar-refractivity contribution in [3.8, 4) is 11.5 Å². The Labute approximate surface area is 133 Å². The second kappa shape index (κ2) is 6.44. The highest BCUT2D eigenvalue weighted by Crippen LogP contribution is 2.34. The van der Waals surface area contributed by atoms with Gasteiger partial charge in [0.15, 0.2) is 0 Å². The summed E-state index contributed by atoms with van der Waals surface area (Å²) < 4.78 is 6.21. The standard InChI is InChI=1S/C14H10BrNO6/c15-9-3-1-8(2-4-9)7-22-13-6-12(17)10(14(18)19)5-11(13)16(20)21/h1-6,17H,7H2,(H,18,19). The summed E-state index contributed by atoms with van der Waals surface area (Å²) in [5.41, 5.74) is -0.311. The maximum absolute atomic E-state index is 11.0. The molecule has 0 heterocycles. The average molecular weight is 368 g/mol. The van der Waals surface area contributed by atoms with E-state index in [-0.39, 0.29) is 12.4 Å². The minimum Gasteiger partial charge on any atom is -0.507 e. The van der Waals surface area contributed by atoms with Crippen molar-refractivity contribution in [3.63, 3.8) is 0 Å². The Morgan fingerprint density at radius 3 is 2.45 bits per heavy atom. The Morgan fingerprint density at radius 2 is 1.91 bits per heavy atom. The van der Waals surface area contributed by atoms with Gasteiger partial charge in [0.1, 0.15) is 17.9 Å². The smallest absolute Gasteiger partial charge is 0.339 e. The molecule has 0 saturated carbocycles. The van der Waals surface area contributed by atoms with Crippen LogP contribution < -0.4 is 4.74 Å². The van der Waals surface area contributed by atoms with E-state index in [1.54, 1.807) is 24.3 Å². The number of carboxylic acids is 1. The zero-order valence-corrected chi connectivity index (χ0v) is 12.6. The van der Waals surface area contributed by atoms with Crippen LogP contribution in [0.25, 0.3) is 0 Å². The van der Waals surface area contributed by atoms with E-state index >= 15 is 0 Å². The quantitative estimate of drug-likeness (QED) is 0.619. The Kier molecular flexibility index (Phi) is 4.62. The molecule has 0 radical (unpaired) electrons. The van der Waals surface area contributed by atoms with E-state index in [1.165, 1.54) is 0 Å². The van der Waals surface area contributed by atoms with Crippen molar-refractivity contribution in [3.05, 3.63) is 62.1 Å². The summed E-state index contributed by atoms with van der Waals surface area (Å²) in [6.07, 6.45) is 0. The minimum atomic E-state index is -1.46. The maximum atomic E-state index is 11.0. The van der Waals surface area contributed by atoms with Gasteiger partial charge in [-0.15, -0.1) is 0 Å². The summed E-state index contributed by atoms with van der Waals surface area (Å²) in [6, 6.07) is 8.81. The molecule has 0 amide bonds. The molecule has 0 aliphatic rings. The van der Waals surface area contributed by atoms with Crippen LogP contribution in [-0.4, -0.2) is 21.1 Å². The molecule has 8 heteroatoms. The van der Waals surface area contributed by atoms with E-state index < -0.39 is 27.9 Å². The van der Waals surface area contributed by atoms with Gasteiger partial charge in [0.25, 0.3) is 0 Å². The van der Waals surface area contributed by atoms with Crippen molar-refractivity contribution in [2.45, 2.75) is 6.61 Å². The van der Waals surface area contributed by atoms with E-state index in [4.69, 9.17) is 9.84 Å². The van der Waals surface area contributed by atoms with E-state index in [0.717, 1.165) is 22.2 Å². The molecular weight excluding hydrogens is 358 g/mol. The van der Waals surface area contributed by atoms with Gasteiger partial charge in [-0.05, 0) is 17.7 Å². The number of rotatable bonds is 5. The van der Waals surface area contributed by atoms with Gasteiger partial charge < -0.3 is 14.9 Å². The van der Waals surface area contributed by atoms with Crippen LogP contribution in [-0.2, 0) is 6.61 Å². The molecule has 0 atom stereocenters. The lowest BCUT2D eigenvalue weighted by atomic mass is 10.1. The highest BCUT2D eigenvalue weighted by Gasteiger charge is 2.22. The lowest BCUT2D eigenvalue weighted by Gasteiger charge is -2.09. The van der Waals surface area contributed by atoms with Crippen molar-refractivity contribution in [2.24, 2.45) is 0 Å². The number of hydrogen-bond donors (Lipinski definition) is 2. The number of nitro benzene ring substituents is 1. The summed E-state index contributed by atoms with van der Waals surface area (Å²) in [4.78, 5) is 21.1. The first-order valence-electron chi connectivity index (χ1n) is 6.00. The van der Waals surface area contributed by atoms with Crippen LogP contribution in [0.2, 0.25) is 0 Å². The summed E-state index contributed by atoms with van der Waals surface area (Å²) >= 11 is 3.28. The topological polar surface area (TPSA) is 110 Å². The van der Waals surface area contributed by atoms with Crippen LogP contribution in [0.5, 0.6) is 11.5 Å². The molecule has 22 heavy (non-hydrogen) atoms. The number of nitro groups is 1. The summed E-state index contributed by atoms with van der Waals surface area (Å²) in [6.45, 7) is 0.0416. The lowest BCUT2D eigenvalue weighted by Crippen LogP contribution is -2.03. The Bertz CT molecular complexity index is 729. The molecule has 0 saturated heterocycles. The number of aromatic carboxylic acids is 1. The third-order valence-electron chi connectivity index (χ3n) is 2.81. The van der Waals surface area contributed by atoms with Gasteiger partial charge in [0.05, 0.1) is 4.92 Å². The predicted molar refractivity (Wildman–Crippen MR) is 80.2 cm³/mol. The molecule has 7 nitrogen and oxygen atoms in total. The van der Waals surface area contributed by atoms with Gasteiger partial charge in [-0.2, -0.15) is 0 Å². The second-order valence-electron chi connectivity index (χ2n) is 4.31. The maximum Gasteiger partial charge on any atom is 0.339 e. The average Bonchev–Trinajstić information content (AvgIpc) is 2.46. The molecule has 0 fully saturated rings. The van der Waals surface area contributed by atoms with Crippen molar-refractivity contribution < 1.29 is 24.7 Å². The Balaban J connectivity index is 2.29. The normalized spacial score (nSPS) is 10.2. The largest absolute Gasteiger partial charge is 0.507 e. The number of carbonyl (C=O) groups is 1. The molecule has 0 aliphatic heterocycles. The van der Waals surface area contributed by atoms with Crippen LogP contribution in [0.3, 0.4) is 0 Å². The zero-order valence-electron chi connectivity index (χ0n) is 11.0. The Hall–Kier alpha value is -2.61. The van der Waals surface area contributed by atoms with Crippen LogP contribution in [0.1, 0.15) is 15.9 Å². The lowest BCUT2D eigenvalue weighted by molar-refractivity contribution is -0.386. The Morgan fingerprint density at radius 1 is 1.27 bits per heavy atom. The summed E-state index contributed by atoms with van der Waals surface area (Å²) in [5, 5.41) is 29.5. The van der Waals surface area contributed by atoms with Crippen molar-refractivity contribution in [1.82, 2.24) is 0 Å². The molecule has 2 aromatic carbocycles.